The molecule has 0 spiro atoms. The molecule has 1 unspecified atom stereocenters. The third-order valence-electron chi connectivity index (χ3n) is 10.9. The Morgan fingerprint density at radius 3 is 1.81 bits per heavy atom. The predicted octanol–water partition coefficient (Wildman–Crippen LogP) is 5.35. The van der Waals surface area contributed by atoms with Gasteiger partial charge in [0.05, 0.1) is 37.4 Å². The molecule has 0 bridgehead atoms. The molecule has 2 aromatic carbocycles. The molecule has 5 fully saturated rings. The number of hydrogen-bond acceptors (Lipinski definition) is 18. The Bertz CT molecular complexity index is 2190. The molecule has 0 radical (unpaired) electrons. The van der Waals surface area contributed by atoms with Crippen molar-refractivity contribution in [2.75, 3.05) is 13.2 Å². The second kappa shape index (κ2) is 21.0. The maximum atomic E-state index is 12.7. The number of hydrogen-bond donors (Lipinski definition) is 0. The number of fused-ring (bicyclic) bond motifs is 3. The molecule has 4 saturated heterocycles. The molecule has 64 heavy (non-hydrogen) atoms. The summed E-state index contributed by atoms with van der Waals surface area (Å²) in [5.41, 5.74) is 39.8. The highest BCUT2D eigenvalue weighted by Gasteiger charge is 2.59. The molecule has 7 rings (SSSR count). The molecule has 26 heteroatoms. The van der Waals surface area contributed by atoms with Gasteiger partial charge in [-0.3, -0.25) is 14.4 Å². The topological polar surface area (TPSA) is 348 Å². The van der Waals surface area contributed by atoms with Crippen molar-refractivity contribution >= 4 is 17.9 Å². The summed E-state index contributed by atoms with van der Waals surface area (Å²) in [7, 11) is 0. The van der Waals surface area contributed by atoms with E-state index < -0.39 is 129 Å². The zero-order chi connectivity index (χ0) is 45.3. The summed E-state index contributed by atoms with van der Waals surface area (Å²) in [6.07, 6.45) is -19.0. The van der Waals surface area contributed by atoms with Crippen molar-refractivity contribution in [1.82, 2.24) is 0 Å². The van der Waals surface area contributed by atoms with Crippen LogP contribution in [-0.4, -0.2) is 123 Å². The van der Waals surface area contributed by atoms with E-state index in [9.17, 15) is 36.5 Å². The number of esters is 3. The van der Waals surface area contributed by atoms with E-state index in [2.05, 4.69) is 40.1 Å². The SMILES string of the molecule is CC(=O)O[C@@H]1[C@H]2OC(c3ccccc3)O[C@@H]3[C@@H](O[C@H]4O[C@@H]5CO[C@H](c6ccccc6)O[C@H]5[C@H](N=[N+]=[N-])[C@H]4OC(C)=O)[C@H](N=[N+]=[N-])C[C@H](N=[N+]=[N-])[C@H]3O[C@H]2O[C@H](CN=[N+]=[N-])[C@H]1OC(C)=O. The van der Waals surface area contributed by atoms with E-state index in [1.165, 1.54) is 0 Å². The number of carbonyl (C=O) groups is 3. The zero-order valence-electron chi connectivity index (χ0n) is 34.3. The first-order valence-corrected chi connectivity index (χ1v) is 20.0. The highest BCUT2D eigenvalue weighted by molar-refractivity contribution is 5.67. The van der Waals surface area contributed by atoms with Crippen molar-refractivity contribution < 1.29 is 66.5 Å². The average molecular weight is 891 g/mol. The summed E-state index contributed by atoms with van der Waals surface area (Å²) < 4.78 is 68.7. The van der Waals surface area contributed by atoms with Gasteiger partial charge in [0.25, 0.3) is 0 Å². The van der Waals surface area contributed by atoms with Gasteiger partial charge in [0.1, 0.15) is 30.5 Å². The molecular weight excluding hydrogens is 848 g/mol. The number of benzene rings is 2. The molecule has 4 aliphatic heterocycles. The summed E-state index contributed by atoms with van der Waals surface area (Å²) in [5, 5.41) is 15.6. The van der Waals surface area contributed by atoms with Crippen LogP contribution in [0, 0.1) is 0 Å². The number of nitrogens with zero attached hydrogens (tertiary/aromatic N) is 12. The molecule has 2 aromatic rings. The fraction of sp³-hybridized carbons (Fsp3) is 0.605. The molecule has 0 N–H and O–H groups in total. The Kier molecular flexibility index (Phi) is 15.0. The van der Waals surface area contributed by atoms with Crippen LogP contribution in [0.4, 0.5) is 0 Å². The lowest BCUT2D eigenvalue weighted by Crippen LogP contribution is -2.68. The van der Waals surface area contributed by atoms with E-state index in [0.29, 0.717) is 11.1 Å². The van der Waals surface area contributed by atoms with Gasteiger partial charge in [-0.2, -0.15) is 0 Å². The van der Waals surface area contributed by atoms with Gasteiger partial charge in [0.2, 0.25) is 0 Å². The molecule has 338 valence electrons. The maximum absolute atomic E-state index is 12.7. The minimum absolute atomic E-state index is 0.0947. The van der Waals surface area contributed by atoms with E-state index >= 15 is 0 Å². The standard InChI is InChI=1S/C38H42N12O14/c1-17(51)55-30-24(15-43-47-39)58-38-34(33(30)57-19(3)53)64-36(21-12-8-5-9-13-21)63-32-27(22(44-48-40)14-23(45-49-41)28(32)61-38)60-37-31(56-18(2)52)26(46-50-42)29-25(59-37)16-54-35(62-29)20-10-6-4-7-11-20/h4-13,22-38H,14-16H2,1-3H3/t22-,23+,24-,25-,26+,27+,28-,29-,30-,31-,32-,33+,34-,35+,36?,37-,38-/m1/s1. The van der Waals surface area contributed by atoms with E-state index in [1.54, 1.807) is 54.6 Å². The van der Waals surface area contributed by atoms with Gasteiger partial charge in [-0.05, 0) is 28.5 Å². The summed E-state index contributed by atoms with van der Waals surface area (Å²) in [4.78, 5) is 49.7. The minimum atomic E-state index is -1.59. The van der Waals surface area contributed by atoms with Crippen LogP contribution in [0.3, 0.4) is 0 Å². The van der Waals surface area contributed by atoms with Crippen LogP contribution in [0.25, 0.3) is 41.8 Å². The number of carbonyl (C=O) groups excluding carboxylic acids is 3. The lowest BCUT2D eigenvalue weighted by molar-refractivity contribution is -0.394. The number of ether oxygens (including phenoxy) is 11. The summed E-state index contributed by atoms with van der Waals surface area (Å²) in [6.45, 7) is 2.86. The van der Waals surface area contributed by atoms with Crippen LogP contribution in [0.15, 0.2) is 81.1 Å². The van der Waals surface area contributed by atoms with Gasteiger partial charge in [-0.1, -0.05) is 81.1 Å². The molecule has 26 nitrogen and oxygen atoms in total. The van der Waals surface area contributed by atoms with E-state index in [-0.39, 0.29) is 13.0 Å². The largest absolute Gasteiger partial charge is 0.457 e. The first-order valence-electron chi connectivity index (χ1n) is 20.0. The van der Waals surface area contributed by atoms with Crippen LogP contribution in [0.5, 0.6) is 0 Å². The molecule has 0 amide bonds. The zero-order valence-corrected chi connectivity index (χ0v) is 34.3. The Hall–Kier alpha value is -6.23. The van der Waals surface area contributed by atoms with Crippen LogP contribution >= 0.6 is 0 Å². The molecule has 1 aliphatic carbocycles. The lowest BCUT2D eigenvalue weighted by Gasteiger charge is -2.53. The summed E-state index contributed by atoms with van der Waals surface area (Å²) in [6, 6.07) is 13.7. The molecule has 5 aliphatic rings. The fourth-order valence-electron chi connectivity index (χ4n) is 8.40. The van der Waals surface area contributed by atoms with Crippen LogP contribution in [0.2, 0.25) is 0 Å². The van der Waals surface area contributed by atoms with Gasteiger partial charge >= 0.3 is 17.9 Å². The Labute approximate surface area is 362 Å². The molecule has 17 atom stereocenters. The van der Waals surface area contributed by atoms with Crippen molar-refractivity contribution in [1.29, 1.82) is 0 Å². The van der Waals surface area contributed by atoms with Crippen molar-refractivity contribution in [3.63, 3.8) is 0 Å². The van der Waals surface area contributed by atoms with Crippen LogP contribution in [-0.2, 0) is 66.5 Å². The number of rotatable bonds is 12. The van der Waals surface area contributed by atoms with Gasteiger partial charge in [-0.25, -0.2) is 0 Å². The maximum Gasteiger partial charge on any atom is 0.303 e. The molecule has 0 aromatic heterocycles. The van der Waals surface area contributed by atoms with Gasteiger partial charge in [-0.15, -0.1) is 0 Å². The second-order valence-corrected chi connectivity index (χ2v) is 15.0. The first-order chi connectivity index (χ1) is 31.0. The molecular formula is C38H42N12O14. The van der Waals surface area contributed by atoms with Crippen LogP contribution in [0.1, 0.15) is 50.9 Å². The fourth-order valence-corrected chi connectivity index (χ4v) is 8.40. The van der Waals surface area contributed by atoms with Crippen LogP contribution < -0.4 is 0 Å². The van der Waals surface area contributed by atoms with Crippen molar-refractivity contribution in [2.45, 2.75) is 132 Å². The van der Waals surface area contributed by atoms with E-state index in [1.807, 2.05) is 6.07 Å². The lowest BCUT2D eigenvalue weighted by atomic mass is 9.83. The monoisotopic (exact) mass is 890 g/mol. The van der Waals surface area contributed by atoms with Gasteiger partial charge in [0, 0.05) is 51.5 Å². The summed E-state index contributed by atoms with van der Waals surface area (Å²) >= 11 is 0. The Balaban J connectivity index is 1.31. The van der Waals surface area contributed by atoms with E-state index in [4.69, 9.17) is 52.1 Å². The molecule has 4 heterocycles. The second-order valence-electron chi connectivity index (χ2n) is 15.0. The first kappa shape index (κ1) is 45.8. The number of azide groups is 4. The van der Waals surface area contributed by atoms with E-state index in [0.717, 1.165) is 20.8 Å². The summed E-state index contributed by atoms with van der Waals surface area (Å²) in [5.74, 6) is -2.39. The Morgan fingerprint density at radius 2 is 1.19 bits per heavy atom. The van der Waals surface area contributed by atoms with Gasteiger partial charge in [0.15, 0.2) is 49.6 Å². The average Bonchev–Trinajstić information content (AvgIpc) is 3.27. The normalized spacial score (nSPS) is 36.6. The third-order valence-corrected chi connectivity index (χ3v) is 10.9. The smallest absolute Gasteiger partial charge is 0.303 e. The minimum Gasteiger partial charge on any atom is -0.457 e. The highest BCUT2D eigenvalue weighted by atomic mass is 16.8. The van der Waals surface area contributed by atoms with Crippen molar-refractivity contribution in [2.24, 2.45) is 20.5 Å². The van der Waals surface area contributed by atoms with Crippen molar-refractivity contribution in [3.05, 3.63) is 114 Å². The Morgan fingerprint density at radius 1 is 0.609 bits per heavy atom. The van der Waals surface area contributed by atoms with Gasteiger partial charge < -0.3 is 52.1 Å². The van der Waals surface area contributed by atoms with Crippen molar-refractivity contribution in [3.8, 4) is 0 Å². The predicted molar refractivity (Wildman–Crippen MR) is 210 cm³/mol. The highest BCUT2D eigenvalue weighted by Crippen LogP contribution is 2.44. The molecule has 1 saturated carbocycles. The third kappa shape index (κ3) is 10.2. The quantitative estimate of drug-likeness (QED) is 0.0852.